The van der Waals surface area contributed by atoms with Gasteiger partial charge in [0, 0.05) is 17.9 Å². The van der Waals surface area contributed by atoms with Crippen molar-refractivity contribution in [2.75, 3.05) is 0 Å². The minimum Gasteiger partial charge on any atom is -0.457 e. The van der Waals surface area contributed by atoms with Crippen molar-refractivity contribution in [3.8, 4) is 0 Å². The third-order valence-electron chi connectivity index (χ3n) is 2.57. The predicted molar refractivity (Wildman–Crippen MR) is 57.6 cm³/mol. The largest absolute Gasteiger partial charge is 0.457 e. The summed E-state index contributed by atoms with van der Waals surface area (Å²) in [7, 11) is 0. The van der Waals surface area contributed by atoms with E-state index in [1.165, 1.54) is 0 Å². The van der Waals surface area contributed by atoms with E-state index in [0.717, 1.165) is 11.1 Å². The number of carbonyl (C=O) groups is 1. The first-order valence-electron chi connectivity index (χ1n) is 4.82. The molecule has 0 N–H and O–H groups in total. The van der Waals surface area contributed by atoms with Crippen LogP contribution in [0.4, 0.5) is 0 Å². The lowest BCUT2D eigenvalue weighted by Gasteiger charge is -2.23. The highest BCUT2D eigenvalue weighted by molar-refractivity contribution is 5.51. The molecule has 3 heteroatoms. The summed E-state index contributed by atoms with van der Waals surface area (Å²) in [5, 5.41) is 0. The highest BCUT2D eigenvalue weighted by atomic mass is 16.5. The number of rotatable bonds is 3. The Morgan fingerprint density at radius 2 is 2.13 bits per heavy atom. The molecule has 2 aromatic heterocycles. The molecule has 78 valence electrons. The Balaban J connectivity index is 2.47. The Morgan fingerprint density at radius 1 is 1.33 bits per heavy atom. The van der Waals surface area contributed by atoms with E-state index >= 15 is 0 Å². The monoisotopic (exact) mass is 203 g/mol. The average molecular weight is 203 g/mol. The van der Waals surface area contributed by atoms with E-state index in [2.05, 4.69) is 0 Å². The molecule has 0 saturated carbocycles. The number of fused-ring (bicyclic) bond motifs is 1. The van der Waals surface area contributed by atoms with Gasteiger partial charge in [0.2, 0.25) is 0 Å². The SMILES string of the molecule is CC(C)(OC=O)c1ccn2cccc2c1. The summed E-state index contributed by atoms with van der Waals surface area (Å²) in [6.45, 7) is 4.23. The van der Waals surface area contributed by atoms with Crippen LogP contribution >= 0.6 is 0 Å². The fourth-order valence-electron chi connectivity index (χ4n) is 1.60. The summed E-state index contributed by atoms with van der Waals surface area (Å²) < 4.78 is 7.07. The molecule has 0 atom stereocenters. The molecule has 0 bridgehead atoms. The van der Waals surface area contributed by atoms with Gasteiger partial charge in [-0.3, -0.25) is 4.79 Å². The minimum atomic E-state index is -0.576. The van der Waals surface area contributed by atoms with Crippen LogP contribution in [0.3, 0.4) is 0 Å². The summed E-state index contributed by atoms with van der Waals surface area (Å²) in [6.07, 6.45) is 3.94. The van der Waals surface area contributed by atoms with Crippen LogP contribution in [-0.2, 0) is 15.1 Å². The first-order valence-corrected chi connectivity index (χ1v) is 4.82. The lowest BCUT2D eigenvalue weighted by atomic mass is 9.99. The van der Waals surface area contributed by atoms with Gasteiger partial charge in [0.1, 0.15) is 5.60 Å². The Morgan fingerprint density at radius 3 is 2.87 bits per heavy atom. The summed E-state index contributed by atoms with van der Waals surface area (Å²) in [6, 6.07) is 7.97. The van der Waals surface area contributed by atoms with Crippen molar-refractivity contribution < 1.29 is 9.53 Å². The van der Waals surface area contributed by atoms with Gasteiger partial charge in [-0.05, 0) is 43.7 Å². The first kappa shape index (κ1) is 9.77. The minimum absolute atomic E-state index is 0.488. The molecule has 15 heavy (non-hydrogen) atoms. The third-order valence-corrected chi connectivity index (χ3v) is 2.57. The highest BCUT2D eigenvalue weighted by Crippen LogP contribution is 2.24. The lowest BCUT2D eigenvalue weighted by molar-refractivity contribution is -0.141. The summed E-state index contributed by atoms with van der Waals surface area (Å²) in [4.78, 5) is 10.4. The van der Waals surface area contributed by atoms with Gasteiger partial charge >= 0.3 is 0 Å². The molecule has 0 fully saturated rings. The maximum Gasteiger partial charge on any atom is 0.293 e. The molecule has 0 aliphatic heterocycles. The molecule has 2 rings (SSSR count). The molecule has 0 aliphatic carbocycles. The maximum absolute atomic E-state index is 10.4. The summed E-state index contributed by atoms with van der Waals surface area (Å²) >= 11 is 0. The van der Waals surface area contributed by atoms with Gasteiger partial charge in [-0.2, -0.15) is 0 Å². The topological polar surface area (TPSA) is 30.7 Å². The number of hydrogen-bond donors (Lipinski definition) is 0. The molecule has 0 aromatic carbocycles. The lowest BCUT2D eigenvalue weighted by Crippen LogP contribution is -2.20. The second kappa shape index (κ2) is 3.42. The van der Waals surface area contributed by atoms with Crippen LogP contribution in [0.15, 0.2) is 36.7 Å². The van der Waals surface area contributed by atoms with E-state index in [1.54, 1.807) is 0 Å². The van der Waals surface area contributed by atoms with Gasteiger partial charge in [-0.15, -0.1) is 0 Å². The van der Waals surface area contributed by atoms with E-state index < -0.39 is 5.60 Å². The van der Waals surface area contributed by atoms with Crippen molar-refractivity contribution in [3.05, 3.63) is 42.2 Å². The van der Waals surface area contributed by atoms with Gasteiger partial charge < -0.3 is 9.14 Å². The van der Waals surface area contributed by atoms with Crippen molar-refractivity contribution >= 4 is 12.0 Å². The molecule has 0 aliphatic rings. The zero-order valence-electron chi connectivity index (χ0n) is 8.81. The predicted octanol–water partition coefficient (Wildman–Crippen LogP) is 2.35. The fraction of sp³-hybridized carbons (Fsp3) is 0.250. The van der Waals surface area contributed by atoms with E-state index in [1.807, 2.05) is 54.9 Å². The van der Waals surface area contributed by atoms with E-state index in [0.29, 0.717) is 6.47 Å². The number of nitrogens with zero attached hydrogens (tertiary/aromatic N) is 1. The normalized spacial score (nSPS) is 11.6. The number of aromatic nitrogens is 1. The molecular formula is C12H13NO2. The summed E-state index contributed by atoms with van der Waals surface area (Å²) in [5.74, 6) is 0. The van der Waals surface area contributed by atoms with Crippen LogP contribution in [-0.4, -0.2) is 10.9 Å². The molecule has 3 nitrogen and oxygen atoms in total. The second-order valence-electron chi connectivity index (χ2n) is 3.98. The number of pyridine rings is 1. The van der Waals surface area contributed by atoms with E-state index in [-0.39, 0.29) is 0 Å². The van der Waals surface area contributed by atoms with Crippen LogP contribution in [0.25, 0.3) is 5.52 Å². The zero-order chi connectivity index (χ0) is 10.9. The summed E-state index contributed by atoms with van der Waals surface area (Å²) in [5.41, 5.74) is 1.50. The van der Waals surface area contributed by atoms with Crippen molar-refractivity contribution in [2.24, 2.45) is 0 Å². The molecular weight excluding hydrogens is 190 g/mol. The van der Waals surface area contributed by atoms with Crippen LogP contribution in [0.2, 0.25) is 0 Å². The molecule has 0 unspecified atom stereocenters. The Kier molecular flexibility index (Phi) is 2.23. The third kappa shape index (κ3) is 1.73. The Hall–Kier alpha value is -1.77. The standard InChI is InChI=1S/C12H13NO2/c1-12(2,15-9-14)10-5-7-13-6-3-4-11(13)8-10/h3-9H,1-2H3. The number of ether oxygens (including phenoxy) is 1. The van der Waals surface area contributed by atoms with Gasteiger partial charge in [0.25, 0.3) is 6.47 Å². The van der Waals surface area contributed by atoms with Crippen LogP contribution in [0.1, 0.15) is 19.4 Å². The van der Waals surface area contributed by atoms with Crippen molar-refractivity contribution in [1.29, 1.82) is 0 Å². The van der Waals surface area contributed by atoms with Gasteiger partial charge in [-0.1, -0.05) is 0 Å². The number of carbonyl (C=O) groups excluding carboxylic acids is 1. The molecule has 0 saturated heterocycles. The first-order chi connectivity index (χ1) is 7.13. The van der Waals surface area contributed by atoms with E-state index in [9.17, 15) is 4.79 Å². The maximum atomic E-state index is 10.4. The molecule has 0 radical (unpaired) electrons. The average Bonchev–Trinajstić information content (AvgIpc) is 2.63. The molecule has 2 aromatic rings. The molecule has 0 spiro atoms. The zero-order valence-corrected chi connectivity index (χ0v) is 8.81. The smallest absolute Gasteiger partial charge is 0.293 e. The second-order valence-corrected chi connectivity index (χ2v) is 3.98. The van der Waals surface area contributed by atoms with Crippen LogP contribution in [0.5, 0.6) is 0 Å². The quantitative estimate of drug-likeness (QED) is 0.717. The molecule has 2 heterocycles. The van der Waals surface area contributed by atoms with Gasteiger partial charge in [0.15, 0.2) is 0 Å². The Bertz CT molecular complexity index is 485. The highest BCUT2D eigenvalue weighted by Gasteiger charge is 2.21. The van der Waals surface area contributed by atoms with Crippen LogP contribution in [0, 0.1) is 0 Å². The van der Waals surface area contributed by atoms with Crippen molar-refractivity contribution in [2.45, 2.75) is 19.4 Å². The fourth-order valence-corrected chi connectivity index (χ4v) is 1.60. The van der Waals surface area contributed by atoms with Crippen LogP contribution < -0.4 is 0 Å². The van der Waals surface area contributed by atoms with Crippen molar-refractivity contribution in [3.63, 3.8) is 0 Å². The van der Waals surface area contributed by atoms with Gasteiger partial charge in [0.05, 0.1) is 0 Å². The number of hydrogen-bond acceptors (Lipinski definition) is 2. The van der Waals surface area contributed by atoms with Gasteiger partial charge in [-0.25, -0.2) is 0 Å². The van der Waals surface area contributed by atoms with E-state index in [4.69, 9.17) is 4.74 Å². The Labute approximate surface area is 88.3 Å². The molecule has 0 amide bonds. The van der Waals surface area contributed by atoms with Crippen molar-refractivity contribution in [1.82, 2.24) is 4.40 Å².